The van der Waals surface area contributed by atoms with Crippen molar-refractivity contribution in [2.75, 3.05) is 13.1 Å². The molecule has 0 fully saturated rings. The van der Waals surface area contributed by atoms with Gasteiger partial charge in [-0.3, -0.25) is 10.2 Å². The molecule has 5 heteroatoms. The molecule has 5 N–H and O–H groups in total. The summed E-state index contributed by atoms with van der Waals surface area (Å²) < 4.78 is 0. The van der Waals surface area contributed by atoms with Crippen LogP contribution in [0.4, 0.5) is 0 Å². The number of carbonyl (C=O) groups excluding carboxylic acids is 1. The van der Waals surface area contributed by atoms with E-state index in [4.69, 9.17) is 11.1 Å². The Morgan fingerprint density at radius 1 is 1.36 bits per heavy atom. The van der Waals surface area contributed by atoms with Gasteiger partial charge in [-0.05, 0) is 6.42 Å². The van der Waals surface area contributed by atoms with Crippen molar-refractivity contribution < 1.29 is 4.79 Å². The second kappa shape index (κ2) is 5.47. The van der Waals surface area contributed by atoms with Gasteiger partial charge >= 0.3 is 0 Å². The fourth-order valence-corrected chi connectivity index (χ4v) is 0.773. The van der Waals surface area contributed by atoms with Crippen molar-refractivity contribution in [3.05, 3.63) is 0 Å². The van der Waals surface area contributed by atoms with Crippen molar-refractivity contribution in [2.24, 2.45) is 11.1 Å². The largest absolute Gasteiger partial charge is 0.370 e. The van der Waals surface area contributed by atoms with Gasteiger partial charge in [-0.1, -0.05) is 20.8 Å². The molecule has 82 valence electrons. The summed E-state index contributed by atoms with van der Waals surface area (Å²) in [4.78, 5) is 11.5. The van der Waals surface area contributed by atoms with Crippen molar-refractivity contribution in [1.82, 2.24) is 10.6 Å². The first-order valence-electron chi connectivity index (χ1n) is 4.76. The third kappa shape index (κ3) is 4.69. The van der Waals surface area contributed by atoms with E-state index in [1.54, 1.807) is 0 Å². The highest BCUT2D eigenvalue weighted by molar-refractivity contribution is 5.81. The van der Waals surface area contributed by atoms with E-state index in [2.05, 4.69) is 10.6 Å². The van der Waals surface area contributed by atoms with Crippen LogP contribution in [0, 0.1) is 10.8 Å². The Balaban J connectivity index is 3.70. The number of hydrogen-bond acceptors (Lipinski definition) is 2. The lowest BCUT2D eigenvalue weighted by atomic mass is 9.89. The summed E-state index contributed by atoms with van der Waals surface area (Å²) in [5.74, 6) is -0.0423. The zero-order chi connectivity index (χ0) is 11.2. The minimum atomic E-state index is -0.323. The van der Waals surface area contributed by atoms with Crippen molar-refractivity contribution in [2.45, 2.75) is 27.2 Å². The Morgan fingerprint density at radius 3 is 2.29 bits per heavy atom. The first kappa shape index (κ1) is 12.7. The van der Waals surface area contributed by atoms with E-state index in [0.717, 1.165) is 6.42 Å². The number of rotatable bonds is 5. The third-order valence-corrected chi connectivity index (χ3v) is 2.22. The monoisotopic (exact) mass is 200 g/mol. The van der Waals surface area contributed by atoms with Gasteiger partial charge in [-0.15, -0.1) is 0 Å². The molecule has 0 aliphatic heterocycles. The van der Waals surface area contributed by atoms with E-state index >= 15 is 0 Å². The Hall–Kier alpha value is -1.26. The fraction of sp³-hybridized carbons (Fsp3) is 0.778. The Morgan fingerprint density at radius 2 is 1.86 bits per heavy atom. The molecular weight excluding hydrogens is 180 g/mol. The molecule has 0 atom stereocenters. The molecule has 14 heavy (non-hydrogen) atoms. The average Bonchev–Trinajstić information content (AvgIpc) is 2.11. The van der Waals surface area contributed by atoms with Crippen LogP contribution in [0.5, 0.6) is 0 Å². The number of nitrogens with one attached hydrogen (secondary N) is 3. The van der Waals surface area contributed by atoms with E-state index in [9.17, 15) is 4.79 Å². The van der Waals surface area contributed by atoms with Gasteiger partial charge in [0.1, 0.15) is 0 Å². The van der Waals surface area contributed by atoms with Gasteiger partial charge in [0, 0.05) is 18.5 Å². The van der Waals surface area contributed by atoms with Crippen LogP contribution in [-0.4, -0.2) is 25.0 Å². The van der Waals surface area contributed by atoms with Gasteiger partial charge in [0.2, 0.25) is 5.91 Å². The maximum absolute atomic E-state index is 11.5. The molecule has 0 heterocycles. The second-order valence-corrected chi connectivity index (χ2v) is 3.83. The fourth-order valence-electron chi connectivity index (χ4n) is 0.773. The molecule has 0 radical (unpaired) electrons. The maximum atomic E-state index is 11.5. The quantitative estimate of drug-likeness (QED) is 0.286. The smallest absolute Gasteiger partial charge is 0.225 e. The number of hydrogen-bond donors (Lipinski definition) is 4. The summed E-state index contributed by atoms with van der Waals surface area (Å²) in [6, 6.07) is 0. The van der Waals surface area contributed by atoms with E-state index in [-0.39, 0.29) is 17.3 Å². The van der Waals surface area contributed by atoms with Gasteiger partial charge in [0.15, 0.2) is 5.96 Å². The topological polar surface area (TPSA) is 91.0 Å². The van der Waals surface area contributed by atoms with Crippen LogP contribution < -0.4 is 16.4 Å². The minimum Gasteiger partial charge on any atom is -0.370 e. The van der Waals surface area contributed by atoms with Gasteiger partial charge in [-0.2, -0.15) is 0 Å². The van der Waals surface area contributed by atoms with E-state index < -0.39 is 0 Å². The average molecular weight is 200 g/mol. The Labute approximate surface area is 84.9 Å². The van der Waals surface area contributed by atoms with Gasteiger partial charge < -0.3 is 16.4 Å². The molecule has 0 aromatic carbocycles. The molecule has 0 aromatic heterocycles. The van der Waals surface area contributed by atoms with Crippen LogP contribution in [0.15, 0.2) is 0 Å². The summed E-state index contributed by atoms with van der Waals surface area (Å²) in [5.41, 5.74) is 4.76. The molecule has 0 saturated carbocycles. The van der Waals surface area contributed by atoms with Gasteiger partial charge in [-0.25, -0.2) is 0 Å². The highest BCUT2D eigenvalue weighted by Crippen LogP contribution is 2.18. The van der Waals surface area contributed by atoms with Crippen molar-refractivity contribution in [3.63, 3.8) is 0 Å². The normalized spacial score (nSPS) is 10.8. The summed E-state index contributed by atoms with van der Waals surface area (Å²) in [7, 11) is 0. The molecule has 0 aromatic rings. The van der Waals surface area contributed by atoms with Crippen LogP contribution in [0.2, 0.25) is 0 Å². The van der Waals surface area contributed by atoms with Crippen molar-refractivity contribution in [3.8, 4) is 0 Å². The zero-order valence-corrected chi connectivity index (χ0v) is 9.11. The molecule has 0 aliphatic rings. The summed E-state index contributed by atoms with van der Waals surface area (Å²) in [5, 5.41) is 12.3. The van der Waals surface area contributed by atoms with Gasteiger partial charge in [0.05, 0.1) is 0 Å². The third-order valence-electron chi connectivity index (χ3n) is 2.22. The van der Waals surface area contributed by atoms with Crippen molar-refractivity contribution >= 4 is 11.9 Å². The lowest BCUT2D eigenvalue weighted by molar-refractivity contribution is -0.129. The number of nitrogens with two attached hydrogens (primary N) is 1. The lowest BCUT2D eigenvalue weighted by Gasteiger charge is -2.21. The lowest BCUT2D eigenvalue weighted by Crippen LogP contribution is -2.42. The van der Waals surface area contributed by atoms with E-state index in [1.807, 2.05) is 20.8 Å². The summed E-state index contributed by atoms with van der Waals surface area (Å²) in [6.07, 6.45) is 0.805. The standard InChI is InChI=1S/C9H20N4O/c1-4-9(2,3)7(14)12-5-6-13-8(10)11/h4-6H2,1-3H3,(H,12,14)(H4,10,11,13). The van der Waals surface area contributed by atoms with Crippen LogP contribution in [0.3, 0.4) is 0 Å². The first-order valence-corrected chi connectivity index (χ1v) is 4.76. The van der Waals surface area contributed by atoms with Crippen LogP contribution >= 0.6 is 0 Å². The highest BCUT2D eigenvalue weighted by atomic mass is 16.2. The predicted molar refractivity (Wildman–Crippen MR) is 57.0 cm³/mol. The molecule has 0 unspecified atom stereocenters. The number of amides is 1. The number of guanidine groups is 1. The highest BCUT2D eigenvalue weighted by Gasteiger charge is 2.24. The van der Waals surface area contributed by atoms with Crippen LogP contribution in [0.25, 0.3) is 0 Å². The zero-order valence-electron chi connectivity index (χ0n) is 9.11. The maximum Gasteiger partial charge on any atom is 0.225 e. The van der Waals surface area contributed by atoms with E-state index in [0.29, 0.717) is 13.1 Å². The molecule has 1 amide bonds. The Bertz CT molecular complexity index is 213. The molecule has 0 bridgehead atoms. The predicted octanol–water partition coefficient (Wildman–Crippen LogP) is 0.0219. The van der Waals surface area contributed by atoms with E-state index in [1.165, 1.54) is 0 Å². The first-order chi connectivity index (χ1) is 6.40. The van der Waals surface area contributed by atoms with Crippen LogP contribution in [-0.2, 0) is 4.79 Å². The van der Waals surface area contributed by atoms with Crippen LogP contribution in [0.1, 0.15) is 27.2 Å². The molecule has 0 aliphatic carbocycles. The molecule has 0 rings (SSSR count). The van der Waals surface area contributed by atoms with Crippen molar-refractivity contribution in [1.29, 1.82) is 5.41 Å². The Kier molecular flexibility index (Phi) is 4.97. The second-order valence-electron chi connectivity index (χ2n) is 3.83. The molecule has 5 nitrogen and oxygen atoms in total. The number of carbonyl (C=O) groups is 1. The van der Waals surface area contributed by atoms with Gasteiger partial charge in [0.25, 0.3) is 0 Å². The summed E-state index contributed by atoms with van der Waals surface area (Å²) >= 11 is 0. The minimum absolute atomic E-state index is 0.0327. The molecular formula is C9H20N4O. The molecule has 0 spiro atoms. The summed E-state index contributed by atoms with van der Waals surface area (Å²) in [6.45, 7) is 6.76. The SMILES string of the molecule is CCC(C)(C)C(=O)NCCNC(=N)N. The molecule has 0 saturated heterocycles.